The minimum Gasteiger partial charge on any atom is -0.497 e. The molecule has 0 unspecified atom stereocenters. The highest BCUT2D eigenvalue weighted by Gasteiger charge is 2.43. The third-order valence-electron chi connectivity index (χ3n) is 3.05. The maximum atomic E-state index is 13.3. The van der Waals surface area contributed by atoms with Crippen LogP contribution in [-0.2, 0) is 9.53 Å². The molecule has 22 heavy (non-hydrogen) atoms. The van der Waals surface area contributed by atoms with Gasteiger partial charge in [0, 0.05) is 11.6 Å². The van der Waals surface area contributed by atoms with Gasteiger partial charge in [-0.05, 0) is 12.5 Å². The molecule has 0 spiro atoms. The second kappa shape index (κ2) is 7.91. The first-order valence-corrected chi connectivity index (χ1v) is 6.77. The molecule has 0 saturated heterocycles. The number of carbonyl (C=O) groups is 1. The minimum atomic E-state index is -4.59. The second-order valence-electron chi connectivity index (χ2n) is 4.63. The Morgan fingerprint density at radius 3 is 2.41 bits per heavy atom. The van der Waals surface area contributed by atoms with Crippen LogP contribution in [0.1, 0.15) is 31.2 Å². The SMILES string of the molecule is CCCOC(=O)C[C@@H](c1ccc(OC)cc1OC)C(F)(F)F. The van der Waals surface area contributed by atoms with Crippen LogP contribution in [0.25, 0.3) is 0 Å². The maximum absolute atomic E-state index is 13.3. The average molecular weight is 320 g/mol. The normalized spacial score (nSPS) is 12.6. The molecule has 0 aliphatic rings. The van der Waals surface area contributed by atoms with Crippen molar-refractivity contribution in [3.05, 3.63) is 23.8 Å². The van der Waals surface area contributed by atoms with E-state index in [0.717, 1.165) is 0 Å². The van der Waals surface area contributed by atoms with Gasteiger partial charge in [0.05, 0.1) is 33.2 Å². The summed E-state index contributed by atoms with van der Waals surface area (Å²) < 4.78 is 54.6. The van der Waals surface area contributed by atoms with Crippen LogP contribution in [0.15, 0.2) is 18.2 Å². The van der Waals surface area contributed by atoms with E-state index in [1.807, 2.05) is 0 Å². The average Bonchev–Trinajstić information content (AvgIpc) is 2.48. The van der Waals surface area contributed by atoms with Gasteiger partial charge in [0.1, 0.15) is 11.5 Å². The van der Waals surface area contributed by atoms with E-state index in [1.165, 1.54) is 32.4 Å². The monoisotopic (exact) mass is 320 g/mol. The van der Waals surface area contributed by atoms with Gasteiger partial charge in [0.15, 0.2) is 0 Å². The van der Waals surface area contributed by atoms with E-state index in [0.29, 0.717) is 12.2 Å². The predicted molar refractivity (Wildman–Crippen MR) is 74.2 cm³/mol. The van der Waals surface area contributed by atoms with Crippen molar-refractivity contribution in [2.45, 2.75) is 31.9 Å². The van der Waals surface area contributed by atoms with Gasteiger partial charge in [-0.2, -0.15) is 13.2 Å². The molecule has 1 aromatic carbocycles. The van der Waals surface area contributed by atoms with E-state index in [9.17, 15) is 18.0 Å². The van der Waals surface area contributed by atoms with Crippen molar-refractivity contribution in [2.75, 3.05) is 20.8 Å². The van der Waals surface area contributed by atoms with Gasteiger partial charge in [0.2, 0.25) is 0 Å². The largest absolute Gasteiger partial charge is 0.497 e. The van der Waals surface area contributed by atoms with Crippen LogP contribution in [0.4, 0.5) is 13.2 Å². The Morgan fingerprint density at radius 2 is 1.91 bits per heavy atom. The van der Waals surface area contributed by atoms with E-state index in [4.69, 9.17) is 14.2 Å². The summed E-state index contributed by atoms with van der Waals surface area (Å²) in [6, 6.07) is 4.00. The van der Waals surface area contributed by atoms with Crippen LogP contribution >= 0.6 is 0 Å². The van der Waals surface area contributed by atoms with Crippen molar-refractivity contribution >= 4 is 5.97 Å². The zero-order chi connectivity index (χ0) is 16.8. The molecule has 0 aliphatic carbocycles. The van der Waals surface area contributed by atoms with Gasteiger partial charge in [0.25, 0.3) is 0 Å². The lowest BCUT2D eigenvalue weighted by Gasteiger charge is -2.22. The smallest absolute Gasteiger partial charge is 0.396 e. The van der Waals surface area contributed by atoms with Crippen molar-refractivity contribution in [3.63, 3.8) is 0 Å². The maximum Gasteiger partial charge on any atom is 0.396 e. The third kappa shape index (κ3) is 4.82. The van der Waals surface area contributed by atoms with Crippen molar-refractivity contribution in [1.82, 2.24) is 0 Å². The topological polar surface area (TPSA) is 44.8 Å². The molecule has 0 amide bonds. The van der Waals surface area contributed by atoms with Crippen molar-refractivity contribution in [2.24, 2.45) is 0 Å². The molecule has 1 aromatic rings. The van der Waals surface area contributed by atoms with Crippen LogP contribution in [0.2, 0.25) is 0 Å². The Kier molecular flexibility index (Phi) is 6.52. The summed E-state index contributed by atoms with van der Waals surface area (Å²) in [6.07, 6.45) is -4.83. The van der Waals surface area contributed by atoms with E-state index in [1.54, 1.807) is 6.92 Å². The zero-order valence-electron chi connectivity index (χ0n) is 12.7. The van der Waals surface area contributed by atoms with Crippen molar-refractivity contribution < 1.29 is 32.2 Å². The highest BCUT2D eigenvalue weighted by atomic mass is 19.4. The molecule has 1 rings (SSSR count). The lowest BCUT2D eigenvalue weighted by Crippen LogP contribution is -2.25. The van der Waals surface area contributed by atoms with E-state index >= 15 is 0 Å². The lowest BCUT2D eigenvalue weighted by atomic mass is 9.94. The number of methoxy groups -OCH3 is 2. The first-order chi connectivity index (χ1) is 10.3. The number of benzene rings is 1. The molecule has 0 N–H and O–H groups in total. The predicted octanol–water partition coefficient (Wildman–Crippen LogP) is 3.69. The fraction of sp³-hybridized carbons (Fsp3) is 0.533. The highest BCUT2D eigenvalue weighted by molar-refractivity contribution is 5.71. The molecule has 0 fully saturated rings. The van der Waals surface area contributed by atoms with Crippen molar-refractivity contribution in [1.29, 1.82) is 0 Å². The molecule has 0 radical (unpaired) electrons. The summed E-state index contributed by atoms with van der Waals surface area (Å²) in [6.45, 7) is 1.87. The quantitative estimate of drug-likeness (QED) is 0.719. The second-order valence-corrected chi connectivity index (χ2v) is 4.63. The third-order valence-corrected chi connectivity index (χ3v) is 3.05. The number of hydrogen-bond acceptors (Lipinski definition) is 4. The van der Waals surface area contributed by atoms with Crippen molar-refractivity contribution in [3.8, 4) is 11.5 Å². The number of halogens is 3. The first-order valence-electron chi connectivity index (χ1n) is 6.77. The number of hydrogen-bond donors (Lipinski definition) is 0. The molecule has 124 valence electrons. The Bertz CT molecular complexity index is 500. The van der Waals surface area contributed by atoms with Gasteiger partial charge in [-0.1, -0.05) is 13.0 Å². The molecule has 4 nitrogen and oxygen atoms in total. The summed E-state index contributed by atoms with van der Waals surface area (Å²) >= 11 is 0. The molecule has 1 atom stereocenters. The fourth-order valence-corrected chi connectivity index (χ4v) is 1.95. The van der Waals surface area contributed by atoms with Crippen LogP contribution in [-0.4, -0.2) is 33.0 Å². The Labute approximate surface area is 127 Å². The molecular weight excluding hydrogens is 301 g/mol. The Hall–Kier alpha value is -1.92. The molecule has 0 aliphatic heterocycles. The summed E-state index contributed by atoms with van der Waals surface area (Å²) in [7, 11) is 2.67. The van der Waals surface area contributed by atoms with Crippen LogP contribution in [0, 0.1) is 0 Å². The van der Waals surface area contributed by atoms with Crippen LogP contribution < -0.4 is 9.47 Å². The first kappa shape index (κ1) is 18.1. The van der Waals surface area contributed by atoms with Gasteiger partial charge >= 0.3 is 12.1 Å². The summed E-state index contributed by atoms with van der Waals surface area (Å²) in [5.74, 6) is -2.49. The summed E-state index contributed by atoms with van der Waals surface area (Å²) in [5.41, 5.74) is -0.121. The molecule has 7 heteroatoms. The van der Waals surface area contributed by atoms with E-state index < -0.39 is 24.5 Å². The van der Waals surface area contributed by atoms with Gasteiger partial charge in [-0.25, -0.2) is 0 Å². The highest BCUT2D eigenvalue weighted by Crippen LogP contribution is 2.42. The lowest BCUT2D eigenvalue weighted by molar-refractivity contribution is -0.166. The zero-order valence-corrected chi connectivity index (χ0v) is 12.7. The molecular formula is C15H19F3O4. The van der Waals surface area contributed by atoms with Gasteiger partial charge < -0.3 is 14.2 Å². The Balaban J connectivity index is 3.10. The summed E-state index contributed by atoms with van der Waals surface area (Å²) in [4.78, 5) is 11.6. The van der Waals surface area contributed by atoms with E-state index in [2.05, 4.69) is 0 Å². The van der Waals surface area contributed by atoms with Crippen LogP contribution in [0.5, 0.6) is 11.5 Å². The Morgan fingerprint density at radius 1 is 1.23 bits per heavy atom. The molecule has 0 bridgehead atoms. The van der Waals surface area contributed by atoms with Crippen LogP contribution in [0.3, 0.4) is 0 Å². The molecule has 0 heterocycles. The number of ether oxygens (including phenoxy) is 3. The van der Waals surface area contributed by atoms with Gasteiger partial charge in [-0.3, -0.25) is 4.79 Å². The van der Waals surface area contributed by atoms with E-state index in [-0.39, 0.29) is 17.9 Å². The minimum absolute atomic E-state index is 0.0185. The summed E-state index contributed by atoms with van der Waals surface area (Å²) in [5, 5.41) is 0. The van der Waals surface area contributed by atoms with Gasteiger partial charge in [-0.15, -0.1) is 0 Å². The fourth-order valence-electron chi connectivity index (χ4n) is 1.95. The number of alkyl halides is 3. The number of esters is 1. The number of carbonyl (C=O) groups excluding carboxylic acids is 1. The standard InChI is InChI=1S/C15H19F3O4/c1-4-7-22-14(19)9-12(15(16,17)18)11-6-5-10(20-2)8-13(11)21-3/h5-6,8,12H,4,7,9H2,1-3H3/t12-/m0/s1. The molecule has 0 saturated carbocycles. The number of rotatable bonds is 7. The molecule has 0 aromatic heterocycles.